The minimum Gasteiger partial charge on any atom is -0.466 e. The maximum absolute atomic E-state index is 11.3. The summed E-state index contributed by atoms with van der Waals surface area (Å²) >= 11 is 0. The van der Waals surface area contributed by atoms with Gasteiger partial charge in [-0.1, -0.05) is 13.8 Å². The molecule has 2 atom stereocenters. The maximum atomic E-state index is 11.3. The van der Waals surface area contributed by atoms with Crippen molar-refractivity contribution in [3.05, 3.63) is 10.1 Å². The molecule has 0 bridgehead atoms. The normalized spacial score (nSPS) is 14.7. The first-order valence-electron chi connectivity index (χ1n) is 5.20. The van der Waals surface area contributed by atoms with Crippen LogP contribution in [0.2, 0.25) is 0 Å². The minimum absolute atomic E-state index is 0.192. The molecule has 88 valence electrons. The molecule has 2 unspecified atom stereocenters. The zero-order valence-electron chi connectivity index (χ0n) is 9.73. The van der Waals surface area contributed by atoms with Crippen molar-refractivity contribution in [3.63, 3.8) is 0 Å². The summed E-state index contributed by atoms with van der Waals surface area (Å²) in [6.45, 7) is 7.29. The molecule has 0 aromatic carbocycles. The standard InChI is InChI=1S/C10H19NO4/c1-5-15-10(12)8(4)9(11(13)14)6-7(2)3/h7-9H,5-6H2,1-4H3. The van der Waals surface area contributed by atoms with E-state index >= 15 is 0 Å². The number of carbonyl (C=O) groups excluding carboxylic acids is 1. The van der Waals surface area contributed by atoms with Crippen molar-refractivity contribution in [1.82, 2.24) is 0 Å². The first-order chi connectivity index (χ1) is 6.90. The number of nitro groups is 1. The highest BCUT2D eigenvalue weighted by Gasteiger charge is 2.34. The second-order valence-electron chi connectivity index (χ2n) is 4.02. The van der Waals surface area contributed by atoms with Gasteiger partial charge in [0.05, 0.1) is 6.61 Å². The van der Waals surface area contributed by atoms with E-state index in [0.717, 1.165) is 0 Å². The van der Waals surface area contributed by atoms with Crippen LogP contribution in [0.3, 0.4) is 0 Å². The van der Waals surface area contributed by atoms with Gasteiger partial charge in [0.1, 0.15) is 5.92 Å². The lowest BCUT2D eigenvalue weighted by Gasteiger charge is -2.17. The fourth-order valence-corrected chi connectivity index (χ4v) is 1.39. The number of hydrogen-bond donors (Lipinski definition) is 0. The molecule has 0 aliphatic rings. The molecule has 0 saturated heterocycles. The highest BCUT2D eigenvalue weighted by Crippen LogP contribution is 2.17. The Morgan fingerprint density at radius 3 is 2.27 bits per heavy atom. The fraction of sp³-hybridized carbons (Fsp3) is 0.900. The average molecular weight is 217 g/mol. The van der Waals surface area contributed by atoms with E-state index in [1.807, 2.05) is 13.8 Å². The van der Waals surface area contributed by atoms with Crippen LogP contribution in [0, 0.1) is 22.0 Å². The van der Waals surface area contributed by atoms with Crippen LogP contribution in [0.25, 0.3) is 0 Å². The van der Waals surface area contributed by atoms with Crippen LogP contribution in [-0.4, -0.2) is 23.5 Å². The van der Waals surface area contributed by atoms with Crippen molar-refractivity contribution in [1.29, 1.82) is 0 Å². The molecule has 0 rings (SSSR count). The van der Waals surface area contributed by atoms with E-state index in [1.165, 1.54) is 0 Å². The fourth-order valence-electron chi connectivity index (χ4n) is 1.39. The number of rotatable bonds is 6. The van der Waals surface area contributed by atoms with Gasteiger partial charge in [0.15, 0.2) is 0 Å². The van der Waals surface area contributed by atoms with Gasteiger partial charge in [0.2, 0.25) is 6.04 Å². The van der Waals surface area contributed by atoms with Gasteiger partial charge < -0.3 is 4.74 Å². The number of hydrogen-bond acceptors (Lipinski definition) is 4. The van der Waals surface area contributed by atoms with Crippen molar-refractivity contribution >= 4 is 5.97 Å². The van der Waals surface area contributed by atoms with Crippen LogP contribution in [-0.2, 0) is 9.53 Å². The van der Waals surface area contributed by atoms with Crippen LogP contribution in [0.5, 0.6) is 0 Å². The van der Waals surface area contributed by atoms with Crippen molar-refractivity contribution in [3.8, 4) is 0 Å². The Balaban J connectivity index is 4.47. The Hall–Kier alpha value is -1.13. The topological polar surface area (TPSA) is 69.4 Å². The third kappa shape index (κ3) is 4.76. The van der Waals surface area contributed by atoms with Gasteiger partial charge in [-0.25, -0.2) is 0 Å². The molecule has 0 heterocycles. The largest absolute Gasteiger partial charge is 0.466 e. The lowest BCUT2D eigenvalue weighted by Crippen LogP contribution is -2.35. The Morgan fingerprint density at radius 2 is 1.93 bits per heavy atom. The molecule has 15 heavy (non-hydrogen) atoms. The average Bonchev–Trinajstić information content (AvgIpc) is 2.12. The summed E-state index contributed by atoms with van der Waals surface area (Å²) in [5.41, 5.74) is 0. The van der Waals surface area contributed by atoms with E-state index in [4.69, 9.17) is 4.74 Å². The molecule has 0 aromatic heterocycles. The number of esters is 1. The van der Waals surface area contributed by atoms with E-state index in [-0.39, 0.29) is 17.4 Å². The van der Waals surface area contributed by atoms with Gasteiger partial charge in [0.25, 0.3) is 0 Å². The van der Waals surface area contributed by atoms with Gasteiger partial charge in [-0.3, -0.25) is 14.9 Å². The summed E-state index contributed by atoms with van der Waals surface area (Å²) in [7, 11) is 0. The molecular weight excluding hydrogens is 198 g/mol. The van der Waals surface area contributed by atoms with E-state index in [1.54, 1.807) is 13.8 Å². The smallest absolute Gasteiger partial charge is 0.315 e. The van der Waals surface area contributed by atoms with Crippen LogP contribution < -0.4 is 0 Å². The van der Waals surface area contributed by atoms with Crippen molar-refractivity contribution in [2.75, 3.05) is 6.61 Å². The lowest BCUT2D eigenvalue weighted by atomic mass is 9.94. The third-order valence-corrected chi connectivity index (χ3v) is 2.22. The predicted molar refractivity (Wildman–Crippen MR) is 56.0 cm³/mol. The molecule has 0 radical (unpaired) electrons. The molecule has 0 aliphatic heterocycles. The predicted octanol–water partition coefficient (Wildman–Crippen LogP) is 1.88. The van der Waals surface area contributed by atoms with Gasteiger partial charge in [0, 0.05) is 11.3 Å². The monoisotopic (exact) mass is 217 g/mol. The molecule has 0 N–H and O–H groups in total. The minimum atomic E-state index is -0.843. The molecule has 5 heteroatoms. The quantitative estimate of drug-likeness (QED) is 0.387. The summed E-state index contributed by atoms with van der Waals surface area (Å²) < 4.78 is 4.77. The first-order valence-corrected chi connectivity index (χ1v) is 5.20. The summed E-state index contributed by atoms with van der Waals surface area (Å²) in [5, 5.41) is 10.8. The Labute approximate surface area is 90.0 Å². The van der Waals surface area contributed by atoms with E-state index < -0.39 is 17.9 Å². The van der Waals surface area contributed by atoms with E-state index in [0.29, 0.717) is 6.42 Å². The van der Waals surface area contributed by atoms with Crippen LogP contribution in [0.1, 0.15) is 34.1 Å². The Bertz CT molecular complexity index is 227. The van der Waals surface area contributed by atoms with E-state index in [9.17, 15) is 14.9 Å². The Kier molecular flexibility index (Phi) is 5.89. The zero-order chi connectivity index (χ0) is 12.0. The third-order valence-electron chi connectivity index (χ3n) is 2.22. The number of nitrogens with zero attached hydrogens (tertiary/aromatic N) is 1. The van der Waals surface area contributed by atoms with Gasteiger partial charge in [-0.05, 0) is 19.8 Å². The van der Waals surface area contributed by atoms with Crippen molar-refractivity contribution in [2.45, 2.75) is 40.2 Å². The van der Waals surface area contributed by atoms with Crippen molar-refractivity contribution in [2.24, 2.45) is 11.8 Å². The SMILES string of the molecule is CCOC(=O)C(C)C(CC(C)C)[N+](=O)[O-]. The van der Waals surface area contributed by atoms with Crippen LogP contribution >= 0.6 is 0 Å². The number of ether oxygens (including phenoxy) is 1. The highest BCUT2D eigenvalue weighted by atomic mass is 16.6. The molecule has 0 spiro atoms. The molecule has 5 nitrogen and oxygen atoms in total. The zero-order valence-corrected chi connectivity index (χ0v) is 9.73. The van der Waals surface area contributed by atoms with Crippen LogP contribution in [0.4, 0.5) is 0 Å². The second-order valence-corrected chi connectivity index (χ2v) is 4.02. The van der Waals surface area contributed by atoms with Gasteiger partial charge in [-0.15, -0.1) is 0 Å². The highest BCUT2D eigenvalue weighted by molar-refractivity contribution is 5.72. The van der Waals surface area contributed by atoms with E-state index in [2.05, 4.69) is 0 Å². The first kappa shape index (κ1) is 13.9. The molecule has 0 amide bonds. The summed E-state index contributed by atoms with van der Waals surface area (Å²) in [6, 6.07) is -0.843. The molecule has 0 aliphatic carbocycles. The van der Waals surface area contributed by atoms with Gasteiger partial charge in [-0.2, -0.15) is 0 Å². The van der Waals surface area contributed by atoms with Crippen molar-refractivity contribution < 1.29 is 14.5 Å². The summed E-state index contributed by atoms with van der Waals surface area (Å²) in [6.07, 6.45) is 0.396. The maximum Gasteiger partial charge on any atom is 0.315 e. The summed E-state index contributed by atoms with van der Waals surface area (Å²) in [4.78, 5) is 21.7. The summed E-state index contributed by atoms with van der Waals surface area (Å²) in [5.74, 6) is -0.973. The second kappa shape index (κ2) is 6.37. The van der Waals surface area contributed by atoms with Gasteiger partial charge >= 0.3 is 5.97 Å². The lowest BCUT2D eigenvalue weighted by molar-refractivity contribution is -0.531. The van der Waals surface area contributed by atoms with Crippen LogP contribution in [0.15, 0.2) is 0 Å². The number of carbonyl (C=O) groups is 1. The Morgan fingerprint density at radius 1 is 1.40 bits per heavy atom. The molecule has 0 fully saturated rings. The molecular formula is C10H19NO4. The molecule has 0 saturated carbocycles. The molecule has 0 aromatic rings.